The Bertz CT molecular complexity index is 592. The average molecular weight is 503 g/mol. The van der Waals surface area contributed by atoms with E-state index in [1.807, 2.05) is 37.3 Å². The van der Waals surface area contributed by atoms with Crippen LogP contribution in [0.2, 0.25) is 0 Å². The minimum absolute atomic E-state index is 0. The van der Waals surface area contributed by atoms with Crippen LogP contribution in [-0.2, 0) is 9.53 Å². The number of carbonyl (C=O) groups excluding carboxylic acids is 1. The molecule has 1 aromatic rings. The highest BCUT2D eigenvalue weighted by Crippen LogP contribution is 2.12. The molecule has 0 aromatic heterocycles. The third-order valence-electron chi connectivity index (χ3n) is 4.55. The number of para-hydroxylation sites is 1. The largest absolute Gasteiger partial charge is 0.379 e. The van der Waals surface area contributed by atoms with Gasteiger partial charge in [-0.3, -0.25) is 9.69 Å². The summed E-state index contributed by atoms with van der Waals surface area (Å²) >= 11 is 0. The number of nitrogens with one attached hydrogen (secondary N) is 3. The minimum Gasteiger partial charge on any atom is -0.379 e. The molecule has 1 fully saturated rings. The predicted molar refractivity (Wildman–Crippen MR) is 125 cm³/mol. The number of benzene rings is 1. The lowest BCUT2D eigenvalue weighted by molar-refractivity contribution is -0.114. The van der Waals surface area contributed by atoms with Gasteiger partial charge in [-0.2, -0.15) is 0 Å². The first kappa shape index (κ1) is 24.6. The van der Waals surface area contributed by atoms with E-state index in [1.54, 1.807) is 0 Å². The highest BCUT2D eigenvalue weighted by molar-refractivity contribution is 14.0. The number of aliphatic imine (C=N–C) groups is 1. The summed E-state index contributed by atoms with van der Waals surface area (Å²) in [5.41, 5.74) is 0.780. The molecule has 158 valence electrons. The summed E-state index contributed by atoms with van der Waals surface area (Å²) in [4.78, 5) is 19.0. The van der Waals surface area contributed by atoms with Crippen LogP contribution in [0.25, 0.3) is 0 Å². The molecular weight excluding hydrogens is 469 g/mol. The fraction of sp³-hybridized carbons (Fsp3) is 0.600. The van der Waals surface area contributed by atoms with Crippen molar-refractivity contribution in [2.75, 3.05) is 51.3 Å². The van der Waals surface area contributed by atoms with Crippen LogP contribution in [0, 0.1) is 5.92 Å². The predicted octanol–water partition coefficient (Wildman–Crippen LogP) is 2.15. The summed E-state index contributed by atoms with van der Waals surface area (Å²) in [5, 5.41) is 9.46. The van der Waals surface area contributed by atoms with Gasteiger partial charge in [0.1, 0.15) is 6.54 Å². The molecule has 1 saturated heterocycles. The van der Waals surface area contributed by atoms with Crippen LogP contribution < -0.4 is 16.0 Å². The molecule has 1 aliphatic heterocycles. The number of carbonyl (C=O) groups is 1. The first-order valence-electron chi connectivity index (χ1n) is 9.79. The molecule has 7 nitrogen and oxygen atoms in total. The van der Waals surface area contributed by atoms with Crippen LogP contribution in [0.3, 0.4) is 0 Å². The van der Waals surface area contributed by atoms with Crippen LogP contribution >= 0.6 is 24.0 Å². The van der Waals surface area contributed by atoms with Crippen molar-refractivity contribution < 1.29 is 9.53 Å². The Kier molecular flexibility index (Phi) is 12.1. The van der Waals surface area contributed by atoms with Crippen molar-refractivity contribution >= 4 is 41.5 Å². The van der Waals surface area contributed by atoms with Gasteiger partial charge in [0, 0.05) is 37.9 Å². The second kappa shape index (κ2) is 13.7. The topological polar surface area (TPSA) is 78.0 Å². The van der Waals surface area contributed by atoms with Crippen molar-refractivity contribution in [3.63, 3.8) is 0 Å². The average Bonchev–Trinajstić information content (AvgIpc) is 2.67. The smallest absolute Gasteiger partial charge is 0.246 e. The van der Waals surface area contributed by atoms with Crippen molar-refractivity contribution in [3.8, 4) is 0 Å². The molecule has 1 amide bonds. The summed E-state index contributed by atoms with van der Waals surface area (Å²) in [6, 6.07) is 9.82. The molecule has 3 N–H and O–H groups in total. The molecule has 1 heterocycles. The summed E-state index contributed by atoms with van der Waals surface area (Å²) < 4.78 is 5.46. The van der Waals surface area contributed by atoms with Crippen molar-refractivity contribution in [1.82, 2.24) is 15.5 Å². The van der Waals surface area contributed by atoms with Gasteiger partial charge in [0.15, 0.2) is 5.96 Å². The molecule has 1 atom stereocenters. The molecule has 28 heavy (non-hydrogen) atoms. The fourth-order valence-electron chi connectivity index (χ4n) is 3.11. The van der Waals surface area contributed by atoms with E-state index in [0.717, 1.165) is 45.1 Å². The minimum atomic E-state index is -0.132. The lowest BCUT2D eigenvalue weighted by Gasteiger charge is -2.37. The van der Waals surface area contributed by atoms with Gasteiger partial charge >= 0.3 is 0 Å². The van der Waals surface area contributed by atoms with Gasteiger partial charge in [-0.15, -0.1) is 24.0 Å². The Balaban J connectivity index is 0.00000392. The fourth-order valence-corrected chi connectivity index (χ4v) is 3.11. The lowest BCUT2D eigenvalue weighted by atomic mass is 10.0. The number of amides is 1. The van der Waals surface area contributed by atoms with E-state index in [4.69, 9.17) is 4.74 Å². The second-order valence-electron chi connectivity index (χ2n) is 6.95. The monoisotopic (exact) mass is 503 g/mol. The third-order valence-corrected chi connectivity index (χ3v) is 4.55. The molecule has 1 aliphatic rings. The maximum Gasteiger partial charge on any atom is 0.246 e. The van der Waals surface area contributed by atoms with Gasteiger partial charge < -0.3 is 20.7 Å². The molecule has 1 unspecified atom stereocenters. The zero-order valence-corrected chi connectivity index (χ0v) is 19.4. The molecule has 1 aromatic carbocycles. The Hall–Kier alpha value is -1.39. The second-order valence-corrected chi connectivity index (χ2v) is 6.95. The number of anilines is 1. The quantitative estimate of drug-likeness (QED) is 0.288. The summed E-state index contributed by atoms with van der Waals surface area (Å²) in [5.74, 6) is 1.05. The Morgan fingerprint density at radius 3 is 2.46 bits per heavy atom. The van der Waals surface area contributed by atoms with E-state index in [1.165, 1.54) is 0 Å². The van der Waals surface area contributed by atoms with Gasteiger partial charge in [0.05, 0.1) is 13.2 Å². The third kappa shape index (κ3) is 8.74. The van der Waals surface area contributed by atoms with Crippen molar-refractivity contribution in [3.05, 3.63) is 30.3 Å². The molecule has 0 bridgehead atoms. The SMILES string of the molecule is CCNC(=NCC(=O)Nc1ccccc1)NCC(C(C)C)N1CCOCC1.I. The number of halogens is 1. The number of hydrogen-bond donors (Lipinski definition) is 3. The van der Waals surface area contributed by atoms with E-state index in [2.05, 4.69) is 39.7 Å². The normalized spacial score (nSPS) is 16.2. The van der Waals surface area contributed by atoms with E-state index < -0.39 is 0 Å². The molecule has 0 radical (unpaired) electrons. The van der Waals surface area contributed by atoms with Crippen molar-refractivity contribution in [2.24, 2.45) is 10.9 Å². The van der Waals surface area contributed by atoms with E-state index in [-0.39, 0.29) is 36.4 Å². The number of ether oxygens (including phenoxy) is 1. The Morgan fingerprint density at radius 2 is 1.86 bits per heavy atom. The van der Waals surface area contributed by atoms with Gasteiger partial charge in [0.2, 0.25) is 5.91 Å². The van der Waals surface area contributed by atoms with Crippen LogP contribution in [0.4, 0.5) is 5.69 Å². The number of nitrogens with zero attached hydrogens (tertiary/aromatic N) is 2. The van der Waals surface area contributed by atoms with Gasteiger partial charge in [0.25, 0.3) is 0 Å². The maximum absolute atomic E-state index is 12.1. The van der Waals surface area contributed by atoms with Gasteiger partial charge in [-0.1, -0.05) is 32.0 Å². The summed E-state index contributed by atoms with van der Waals surface area (Å²) in [6.07, 6.45) is 0. The van der Waals surface area contributed by atoms with Gasteiger partial charge in [-0.05, 0) is 25.0 Å². The standard InChI is InChI=1S/C20H33N5O2.HI/c1-4-21-20(23-15-19(26)24-17-8-6-5-7-9-17)22-14-18(16(2)3)25-10-12-27-13-11-25;/h5-9,16,18H,4,10-15H2,1-3H3,(H,24,26)(H2,21,22,23);1H. The zero-order chi connectivity index (χ0) is 19.5. The first-order chi connectivity index (χ1) is 13.1. The number of rotatable bonds is 8. The first-order valence-corrected chi connectivity index (χ1v) is 9.79. The molecule has 8 heteroatoms. The van der Waals surface area contributed by atoms with Crippen molar-refractivity contribution in [2.45, 2.75) is 26.8 Å². The van der Waals surface area contributed by atoms with Gasteiger partial charge in [-0.25, -0.2) is 4.99 Å². The highest BCUT2D eigenvalue weighted by Gasteiger charge is 2.23. The molecule has 0 spiro atoms. The highest BCUT2D eigenvalue weighted by atomic mass is 127. The number of hydrogen-bond acceptors (Lipinski definition) is 4. The van der Waals surface area contributed by atoms with Crippen LogP contribution in [-0.4, -0.2) is 68.7 Å². The summed E-state index contributed by atoms with van der Waals surface area (Å²) in [6.45, 7) is 11.6. The molecule has 0 aliphatic carbocycles. The summed E-state index contributed by atoms with van der Waals surface area (Å²) in [7, 11) is 0. The Labute approximate surface area is 185 Å². The maximum atomic E-state index is 12.1. The molecule has 0 saturated carbocycles. The van der Waals surface area contributed by atoms with Crippen molar-refractivity contribution in [1.29, 1.82) is 0 Å². The van der Waals surface area contributed by atoms with Crippen LogP contribution in [0.5, 0.6) is 0 Å². The lowest BCUT2D eigenvalue weighted by Crippen LogP contribution is -2.52. The number of morpholine rings is 1. The molecule has 2 rings (SSSR count). The van der Waals surface area contributed by atoms with E-state index in [0.29, 0.717) is 17.9 Å². The van der Waals surface area contributed by atoms with E-state index >= 15 is 0 Å². The van der Waals surface area contributed by atoms with Crippen LogP contribution in [0.1, 0.15) is 20.8 Å². The van der Waals surface area contributed by atoms with Crippen LogP contribution in [0.15, 0.2) is 35.3 Å². The number of guanidine groups is 1. The van der Waals surface area contributed by atoms with E-state index in [9.17, 15) is 4.79 Å². The molecular formula is C20H34IN5O2. The Morgan fingerprint density at radius 1 is 1.18 bits per heavy atom. The zero-order valence-electron chi connectivity index (χ0n) is 17.1.